The van der Waals surface area contributed by atoms with Gasteiger partial charge in [0, 0.05) is 83.0 Å². The van der Waals surface area contributed by atoms with Crippen molar-refractivity contribution in [3.63, 3.8) is 0 Å². The molecule has 7 heterocycles. The number of pyridine rings is 6. The Morgan fingerprint density at radius 2 is 1.16 bits per heavy atom. The number of nitrogens with two attached hydrogens (primary N) is 2. The number of carbonyl (C=O) groups excluding carboxylic acids is 2. The molecule has 2 aromatic carbocycles. The molecule has 0 spiro atoms. The third kappa shape index (κ3) is 11.6. The summed E-state index contributed by atoms with van der Waals surface area (Å²) in [7, 11) is 0. The SMILES string of the molecule is Cc1cc(N)nc(C)c1CNC(=O)c1cc(C#N)nc(Cc2ccc3ncc(Cl)cc3c2)c1.Cc1cc(N)nc(C)c1CNC(=O)c1cc(Cc2ccc3ncc(Cl)cc3c2)nc(-c2n[nH]c(=O)[nH]2)c1. The Labute approximate surface area is 410 Å². The first-order chi connectivity index (χ1) is 33.6. The lowest BCUT2D eigenvalue weighted by Crippen LogP contribution is -2.24. The number of aryl methyl sites for hydroxylation is 4. The molecule has 0 aliphatic rings. The van der Waals surface area contributed by atoms with Crippen LogP contribution in [0.25, 0.3) is 33.3 Å². The summed E-state index contributed by atoms with van der Waals surface area (Å²) in [5.41, 5.74) is 22.5. The van der Waals surface area contributed by atoms with E-state index in [2.05, 4.69) is 55.7 Å². The predicted octanol–water partition coefficient (Wildman–Crippen LogP) is 7.75. The molecule has 9 rings (SSSR count). The first-order valence-electron chi connectivity index (χ1n) is 21.7. The van der Waals surface area contributed by atoms with E-state index in [0.717, 1.165) is 66.6 Å². The molecule has 0 bridgehead atoms. The molecule has 9 aromatic rings. The maximum atomic E-state index is 13.2. The van der Waals surface area contributed by atoms with Crippen LogP contribution in [0.15, 0.2) is 102 Å². The highest BCUT2D eigenvalue weighted by atomic mass is 35.5. The smallest absolute Gasteiger partial charge is 0.340 e. The normalized spacial score (nSPS) is 10.9. The van der Waals surface area contributed by atoms with Gasteiger partial charge in [0.25, 0.3) is 11.8 Å². The van der Waals surface area contributed by atoms with E-state index in [1.54, 1.807) is 42.7 Å². The minimum absolute atomic E-state index is 0.185. The standard InChI is InChI=1S/C26H23ClN8O2.C25H21ClN6O/c1-13-5-23(28)31-14(2)20(13)12-30-25(36)17-9-19(32-22(10-17)24-33-26(37)35-34-24)7-15-3-4-21-16(6-15)8-18(27)11-29-21;1-14-5-24(28)31-15(2)22(14)13-30-25(33)18-9-20(32-21(10-18)11-27)7-16-3-4-23-17(6-16)8-19(26)12-29-23/h3-6,8-11H,7,12H2,1-2H3,(H2,28,31)(H,30,36)(H2,33,34,35,37);3-6,8-10,12H,7,13H2,1-2H3,(H2,28,31)(H,30,33). The second-order valence-corrected chi connectivity index (χ2v) is 17.4. The van der Waals surface area contributed by atoms with Gasteiger partial charge in [-0.25, -0.2) is 29.8 Å². The molecule has 0 unspecified atom stereocenters. The van der Waals surface area contributed by atoms with Gasteiger partial charge in [0.1, 0.15) is 29.1 Å². The second-order valence-electron chi connectivity index (χ2n) is 16.5. The highest BCUT2D eigenvalue weighted by Gasteiger charge is 2.17. The molecule has 0 aliphatic heterocycles. The molecule has 350 valence electrons. The van der Waals surface area contributed by atoms with E-state index in [-0.39, 0.29) is 29.9 Å². The molecular formula is C51H44Cl2N14O3. The average molecular weight is 972 g/mol. The van der Waals surface area contributed by atoms with Crippen LogP contribution < -0.4 is 27.8 Å². The number of aromatic amines is 2. The summed E-state index contributed by atoms with van der Waals surface area (Å²) in [5, 5.41) is 24.5. The molecule has 7 aromatic heterocycles. The molecule has 17 nitrogen and oxygen atoms in total. The maximum absolute atomic E-state index is 13.2. The van der Waals surface area contributed by atoms with E-state index < -0.39 is 5.69 Å². The number of carbonyl (C=O) groups is 2. The fourth-order valence-corrected chi connectivity index (χ4v) is 8.32. The molecule has 0 fully saturated rings. The van der Waals surface area contributed by atoms with Crippen molar-refractivity contribution in [2.24, 2.45) is 0 Å². The van der Waals surface area contributed by atoms with Crippen LogP contribution in [0.4, 0.5) is 11.6 Å². The molecule has 0 aliphatic carbocycles. The highest BCUT2D eigenvalue weighted by Crippen LogP contribution is 2.24. The van der Waals surface area contributed by atoms with Crippen molar-refractivity contribution < 1.29 is 9.59 Å². The lowest BCUT2D eigenvalue weighted by atomic mass is 10.0. The fraction of sp³-hybridized carbons (Fsp3) is 0.157. The Bertz CT molecular complexity index is 3560. The highest BCUT2D eigenvalue weighted by molar-refractivity contribution is 6.31. The van der Waals surface area contributed by atoms with Crippen LogP contribution in [0, 0.1) is 39.0 Å². The maximum Gasteiger partial charge on any atom is 0.340 e. The largest absolute Gasteiger partial charge is 0.384 e. The van der Waals surface area contributed by atoms with Crippen LogP contribution in [0.1, 0.15) is 82.6 Å². The molecule has 0 atom stereocenters. The number of H-pyrrole nitrogens is 2. The molecule has 0 saturated carbocycles. The Balaban J connectivity index is 0.000000190. The van der Waals surface area contributed by atoms with Gasteiger partial charge < -0.3 is 22.1 Å². The topological polar surface area (TPSA) is 273 Å². The van der Waals surface area contributed by atoms with Crippen molar-refractivity contribution in [3.05, 3.63) is 191 Å². The zero-order chi connectivity index (χ0) is 49.6. The monoisotopic (exact) mass is 970 g/mol. The van der Waals surface area contributed by atoms with Crippen LogP contribution in [0.3, 0.4) is 0 Å². The number of nitrogens with zero attached hydrogens (tertiary/aromatic N) is 8. The third-order valence-electron chi connectivity index (χ3n) is 11.3. The Kier molecular flexibility index (Phi) is 14.2. The number of rotatable bonds is 11. The number of aromatic nitrogens is 9. The zero-order valence-corrected chi connectivity index (χ0v) is 39.8. The van der Waals surface area contributed by atoms with Crippen molar-refractivity contribution in [3.8, 4) is 17.6 Å². The minimum Gasteiger partial charge on any atom is -0.384 e. The molecule has 0 radical (unpaired) electrons. The van der Waals surface area contributed by atoms with Gasteiger partial charge >= 0.3 is 5.69 Å². The van der Waals surface area contributed by atoms with Gasteiger partial charge in [-0.1, -0.05) is 35.3 Å². The van der Waals surface area contributed by atoms with Gasteiger partial charge in [0.15, 0.2) is 5.82 Å². The lowest BCUT2D eigenvalue weighted by Gasteiger charge is -2.13. The fourth-order valence-electron chi connectivity index (χ4n) is 7.99. The van der Waals surface area contributed by atoms with E-state index in [4.69, 9.17) is 34.7 Å². The van der Waals surface area contributed by atoms with Crippen LogP contribution in [0.5, 0.6) is 0 Å². The van der Waals surface area contributed by atoms with Gasteiger partial charge in [-0.15, -0.1) is 0 Å². The minimum atomic E-state index is -0.464. The van der Waals surface area contributed by atoms with Crippen molar-refractivity contribution in [2.45, 2.75) is 53.6 Å². The number of hydrogen-bond acceptors (Lipinski definition) is 13. The summed E-state index contributed by atoms with van der Waals surface area (Å²) < 4.78 is 0. The van der Waals surface area contributed by atoms with E-state index in [9.17, 15) is 19.6 Å². The summed E-state index contributed by atoms with van der Waals surface area (Å²) in [6.45, 7) is 8.16. The molecular weight excluding hydrogens is 928 g/mol. The van der Waals surface area contributed by atoms with Crippen LogP contribution in [-0.4, -0.2) is 56.9 Å². The number of anilines is 2. The second kappa shape index (κ2) is 20.7. The first kappa shape index (κ1) is 47.9. The number of hydrogen-bond donors (Lipinski definition) is 6. The van der Waals surface area contributed by atoms with Gasteiger partial charge in [0.05, 0.1) is 21.1 Å². The van der Waals surface area contributed by atoms with E-state index >= 15 is 0 Å². The number of amides is 2. The van der Waals surface area contributed by atoms with Gasteiger partial charge in [0.2, 0.25) is 0 Å². The number of nitriles is 1. The number of fused-ring (bicyclic) bond motifs is 2. The molecule has 19 heteroatoms. The zero-order valence-electron chi connectivity index (χ0n) is 38.3. The van der Waals surface area contributed by atoms with Crippen molar-refractivity contribution in [1.29, 1.82) is 5.26 Å². The molecule has 2 amide bonds. The van der Waals surface area contributed by atoms with Crippen LogP contribution in [-0.2, 0) is 25.9 Å². The van der Waals surface area contributed by atoms with Crippen LogP contribution >= 0.6 is 23.2 Å². The van der Waals surface area contributed by atoms with Crippen molar-refractivity contribution in [2.75, 3.05) is 11.5 Å². The summed E-state index contributed by atoms with van der Waals surface area (Å²) in [4.78, 5) is 66.5. The van der Waals surface area contributed by atoms with Crippen molar-refractivity contribution in [1.82, 2.24) is 55.7 Å². The predicted molar refractivity (Wildman–Crippen MR) is 269 cm³/mol. The molecule has 0 saturated heterocycles. The number of halogens is 2. The summed E-state index contributed by atoms with van der Waals surface area (Å²) in [5.74, 6) is 0.537. The first-order valence-corrected chi connectivity index (χ1v) is 22.5. The molecule has 70 heavy (non-hydrogen) atoms. The van der Waals surface area contributed by atoms with Gasteiger partial charge in [-0.3, -0.25) is 24.5 Å². The Hall–Kier alpha value is -8.59. The third-order valence-corrected chi connectivity index (χ3v) is 11.7. The van der Waals surface area contributed by atoms with Crippen LogP contribution in [0.2, 0.25) is 10.0 Å². The van der Waals surface area contributed by atoms with Gasteiger partial charge in [-0.2, -0.15) is 10.4 Å². The van der Waals surface area contributed by atoms with Crippen molar-refractivity contribution >= 4 is 68.5 Å². The Morgan fingerprint density at radius 3 is 1.63 bits per heavy atom. The summed E-state index contributed by atoms with van der Waals surface area (Å²) in [6.07, 6.45) is 4.10. The number of nitrogen functional groups attached to an aromatic ring is 2. The van der Waals surface area contributed by atoms with E-state index in [1.165, 1.54) is 6.07 Å². The number of benzene rings is 2. The van der Waals surface area contributed by atoms with E-state index in [0.29, 0.717) is 69.3 Å². The Morgan fingerprint density at radius 1 is 0.657 bits per heavy atom. The molecule has 8 N–H and O–H groups in total. The summed E-state index contributed by atoms with van der Waals surface area (Å²) in [6, 6.07) is 27.5. The average Bonchev–Trinajstić information content (AvgIpc) is 3.76. The summed E-state index contributed by atoms with van der Waals surface area (Å²) >= 11 is 12.2. The van der Waals surface area contributed by atoms with Gasteiger partial charge in [-0.05, 0) is 134 Å². The quantitative estimate of drug-likeness (QED) is 0.0725. The number of nitrogens with one attached hydrogen (secondary N) is 4. The lowest BCUT2D eigenvalue weighted by molar-refractivity contribution is 0.0942. The van der Waals surface area contributed by atoms with E-state index in [1.807, 2.05) is 82.3 Å².